The predicted molar refractivity (Wildman–Crippen MR) is 86.0 cm³/mol. The van der Waals surface area contributed by atoms with E-state index in [4.69, 9.17) is 5.11 Å². The minimum atomic E-state index is -0.824. The summed E-state index contributed by atoms with van der Waals surface area (Å²) in [4.78, 5) is 17.6. The molecule has 0 amide bonds. The van der Waals surface area contributed by atoms with E-state index >= 15 is 0 Å². The van der Waals surface area contributed by atoms with E-state index in [2.05, 4.69) is 33.5 Å². The van der Waals surface area contributed by atoms with Crippen molar-refractivity contribution in [1.29, 1.82) is 0 Å². The number of nitrogens with zero attached hydrogens (tertiary/aromatic N) is 3. The molecule has 21 heavy (non-hydrogen) atoms. The van der Waals surface area contributed by atoms with E-state index in [0.29, 0.717) is 6.04 Å². The van der Waals surface area contributed by atoms with Crippen molar-refractivity contribution in [3.05, 3.63) is 23.8 Å². The molecule has 1 unspecified atom stereocenters. The number of rotatable bonds is 6. The summed E-state index contributed by atoms with van der Waals surface area (Å²) in [5.74, 6) is -0.797. The molecule has 0 aliphatic rings. The zero-order valence-corrected chi connectivity index (χ0v) is 13.6. The molecule has 0 fully saturated rings. The number of hydrogen-bond acceptors (Lipinski definition) is 4. The maximum absolute atomic E-state index is 10.8. The van der Waals surface area contributed by atoms with Gasteiger partial charge in [0.25, 0.3) is 0 Å². The van der Waals surface area contributed by atoms with Crippen LogP contribution in [0.4, 0.5) is 0 Å². The van der Waals surface area contributed by atoms with Gasteiger partial charge in [0, 0.05) is 12.6 Å². The lowest BCUT2D eigenvalue weighted by Gasteiger charge is -2.21. The number of carboxylic acids is 1. The van der Waals surface area contributed by atoms with Crippen LogP contribution in [-0.4, -0.2) is 51.4 Å². The minimum Gasteiger partial charge on any atom is -0.481 e. The molecule has 114 valence electrons. The van der Waals surface area contributed by atoms with Gasteiger partial charge in [-0.25, -0.2) is 4.98 Å². The van der Waals surface area contributed by atoms with Crippen molar-refractivity contribution in [1.82, 2.24) is 14.5 Å². The Morgan fingerprint density at radius 1 is 1.48 bits per heavy atom. The molecule has 0 aliphatic heterocycles. The highest BCUT2D eigenvalue weighted by atomic mass is 32.2. The summed E-state index contributed by atoms with van der Waals surface area (Å²) in [5, 5.41) is 9.66. The van der Waals surface area contributed by atoms with Crippen molar-refractivity contribution in [2.75, 3.05) is 19.8 Å². The molecule has 0 spiro atoms. The molecule has 1 aromatic heterocycles. The van der Waals surface area contributed by atoms with Crippen LogP contribution in [0.2, 0.25) is 0 Å². The van der Waals surface area contributed by atoms with Crippen LogP contribution in [0.5, 0.6) is 0 Å². The number of aryl methyl sites for hydroxylation is 1. The number of fused-ring (bicyclic) bond motifs is 1. The number of aliphatic carboxylic acids is 1. The SMILES string of the molecule is Cc1ccc2c(c1)nc(SCC(=O)O)n2CC(C)N(C)C. The fourth-order valence-electron chi connectivity index (χ4n) is 2.06. The lowest BCUT2D eigenvalue weighted by Crippen LogP contribution is -2.29. The molecule has 1 aromatic carbocycles. The summed E-state index contributed by atoms with van der Waals surface area (Å²) in [5.41, 5.74) is 3.14. The second-order valence-corrected chi connectivity index (χ2v) is 6.43. The Bertz CT molecular complexity index is 652. The second kappa shape index (κ2) is 6.49. The average molecular weight is 307 g/mol. The molecule has 0 aliphatic carbocycles. The van der Waals surface area contributed by atoms with E-state index in [0.717, 1.165) is 28.3 Å². The van der Waals surface area contributed by atoms with Gasteiger partial charge >= 0.3 is 5.97 Å². The van der Waals surface area contributed by atoms with E-state index in [-0.39, 0.29) is 5.75 Å². The van der Waals surface area contributed by atoms with Crippen molar-refractivity contribution in [2.24, 2.45) is 0 Å². The van der Waals surface area contributed by atoms with Crippen LogP contribution in [0, 0.1) is 6.92 Å². The zero-order chi connectivity index (χ0) is 15.6. The van der Waals surface area contributed by atoms with Gasteiger partial charge in [0.05, 0.1) is 16.8 Å². The normalized spacial score (nSPS) is 13.0. The molecule has 0 bridgehead atoms. The number of thioether (sulfide) groups is 1. The van der Waals surface area contributed by atoms with Crippen molar-refractivity contribution in [2.45, 2.75) is 31.6 Å². The summed E-state index contributed by atoms with van der Waals surface area (Å²) in [6.45, 7) is 4.96. The van der Waals surface area contributed by atoms with E-state index in [1.807, 2.05) is 27.1 Å². The maximum atomic E-state index is 10.8. The van der Waals surface area contributed by atoms with E-state index < -0.39 is 5.97 Å². The molecule has 1 heterocycles. The minimum absolute atomic E-state index is 0.0264. The Labute approximate surface area is 129 Å². The van der Waals surface area contributed by atoms with Gasteiger partial charge in [-0.2, -0.15) is 0 Å². The van der Waals surface area contributed by atoms with Crippen molar-refractivity contribution >= 4 is 28.8 Å². The number of imidazole rings is 1. The van der Waals surface area contributed by atoms with Gasteiger partial charge in [-0.1, -0.05) is 17.8 Å². The Hall–Kier alpha value is -1.53. The zero-order valence-electron chi connectivity index (χ0n) is 12.8. The van der Waals surface area contributed by atoms with Crippen LogP contribution < -0.4 is 0 Å². The van der Waals surface area contributed by atoms with Gasteiger partial charge in [0.15, 0.2) is 5.16 Å². The first kappa shape index (κ1) is 15.9. The van der Waals surface area contributed by atoms with Gasteiger partial charge < -0.3 is 14.6 Å². The Balaban J connectivity index is 2.41. The highest BCUT2D eigenvalue weighted by molar-refractivity contribution is 7.99. The fourth-order valence-corrected chi connectivity index (χ4v) is 2.80. The Morgan fingerprint density at radius 2 is 2.19 bits per heavy atom. The largest absolute Gasteiger partial charge is 0.481 e. The van der Waals surface area contributed by atoms with E-state index in [9.17, 15) is 4.79 Å². The summed E-state index contributed by atoms with van der Waals surface area (Å²) < 4.78 is 2.12. The van der Waals surface area contributed by atoms with Gasteiger partial charge in [0.1, 0.15) is 0 Å². The van der Waals surface area contributed by atoms with Crippen molar-refractivity contribution in [3.63, 3.8) is 0 Å². The summed E-state index contributed by atoms with van der Waals surface area (Å²) >= 11 is 1.27. The highest BCUT2D eigenvalue weighted by Gasteiger charge is 2.15. The molecule has 0 saturated carbocycles. The molecule has 0 saturated heterocycles. The Kier molecular flexibility index (Phi) is 4.90. The van der Waals surface area contributed by atoms with Gasteiger partial charge in [0.2, 0.25) is 0 Å². The first-order valence-electron chi connectivity index (χ1n) is 6.86. The van der Waals surface area contributed by atoms with Gasteiger partial charge in [-0.05, 0) is 45.6 Å². The van der Waals surface area contributed by atoms with Crippen LogP contribution in [0.25, 0.3) is 11.0 Å². The molecule has 6 heteroatoms. The summed E-state index contributed by atoms with van der Waals surface area (Å²) in [7, 11) is 4.08. The van der Waals surface area contributed by atoms with E-state index in [1.54, 1.807) is 0 Å². The number of carbonyl (C=O) groups is 1. The van der Waals surface area contributed by atoms with Gasteiger partial charge in [-0.3, -0.25) is 4.79 Å². The number of hydrogen-bond donors (Lipinski definition) is 1. The average Bonchev–Trinajstić information content (AvgIpc) is 2.73. The van der Waals surface area contributed by atoms with Crippen LogP contribution in [0.1, 0.15) is 12.5 Å². The van der Waals surface area contributed by atoms with Crippen molar-refractivity contribution in [3.8, 4) is 0 Å². The second-order valence-electron chi connectivity index (χ2n) is 5.49. The maximum Gasteiger partial charge on any atom is 0.313 e. The molecule has 1 N–H and O–H groups in total. The Morgan fingerprint density at radius 3 is 2.81 bits per heavy atom. The molecule has 0 radical (unpaired) electrons. The van der Waals surface area contributed by atoms with Crippen molar-refractivity contribution < 1.29 is 9.90 Å². The summed E-state index contributed by atoms with van der Waals surface area (Å²) in [6.07, 6.45) is 0. The third kappa shape index (κ3) is 3.77. The van der Waals surface area contributed by atoms with Crippen LogP contribution in [-0.2, 0) is 11.3 Å². The molecular formula is C15H21N3O2S. The topological polar surface area (TPSA) is 58.4 Å². The molecular weight excluding hydrogens is 286 g/mol. The number of benzene rings is 1. The smallest absolute Gasteiger partial charge is 0.313 e. The lowest BCUT2D eigenvalue weighted by atomic mass is 10.2. The number of likely N-dealkylation sites (N-methyl/N-ethyl adjacent to an activating group) is 1. The molecule has 1 atom stereocenters. The molecule has 2 aromatic rings. The highest BCUT2D eigenvalue weighted by Crippen LogP contribution is 2.25. The predicted octanol–water partition coefficient (Wildman–Crippen LogP) is 2.47. The van der Waals surface area contributed by atoms with Crippen LogP contribution in [0.3, 0.4) is 0 Å². The lowest BCUT2D eigenvalue weighted by molar-refractivity contribution is -0.133. The molecule has 5 nitrogen and oxygen atoms in total. The first-order valence-corrected chi connectivity index (χ1v) is 7.85. The first-order chi connectivity index (χ1) is 9.88. The third-order valence-electron chi connectivity index (χ3n) is 3.52. The fraction of sp³-hybridized carbons (Fsp3) is 0.467. The number of aromatic nitrogens is 2. The standard InChI is InChI=1S/C15H21N3O2S/c1-10-5-6-13-12(7-10)16-15(21-9-14(19)20)18(13)8-11(2)17(3)4/h5-7,11H,8-9H2,1-4H3,(H,19,20). The monoisotopic (exact) mass is 307 g/mol. The third-order valence-corrected chi connectivity index (χ3v) is 4.48. The van der Waals surface area contributed by atoms with Crippen LogP contribution in [0.15, 0.2) is 23.4 Å². The van der Waals surface area contributed by atoms with E-state index in [1.165, 1.54) is 11.8 Å². The number of carboxylic acid groups (broad SMARTS) is 1. The van der Waals surface area contributed by atoms with Gasteiger partial charge in [-0.15, -0.1) is 0 Å². The summed E-state index contributed by atoms with van der Waals surface area (Å²) in [6, 6.07) is 6.50. The molecule has 2 rings (SSSR count). The van der Waals surface area contributed by atoms with Crippen LogP contribution >= 0.6 is 11.8 Å². The quantitative estimate of drug-likeness (QED) is 0.831.